The van der Waals surface area contributed by atoms with Gasteiger partial charge in [-0.15, -0.1) is 0 Å². The van der Waals surface area contributed by atoms with E-state index in [0.717, 1.165) is 48.3 Å². The predicted octanol–water partition coefficient (Wildman–Crippen LogP) is 10.9. The average molecular weight is 631 g/mol. The van der Waals surface area contributed by atoms with Gasteiger partial charge in [-0.25, -0.2) is 0 Å². The quantitative estimate of drug-likeness (QED) is 0.313. The van der Waals surface area contributed by atoms with E-state index in [-0.39, 0.29) is 0 Å². The highest BCUT2D eigenvalue weighted by Gasteiger charge is 2.58. The van der Waals surface area contributed by atoms with Crippen LogP contribution in [0.3, 0.4) is 0 Å². The number of hydrogen-bond acceptors (Lipinski definition) is 2. The lowest BCUT2D eigenvalue weighted by Crippen LogP contribution is -2.37. The van der Waals surface area contributed by atoms with Crippen LogP contribution in [0.2, 0.25) is 0 Å². The van der Waals surface area contributed by atoms with Crippen LogP contribution in [0.1, 0.15) is 87.7 Å². The predicted molar refractivity (Wildman–Crippen MR) is 197 cm³/mol. The standard InChI is InChI=1S/C46H50N2/c1-2-6-37(7-3-1)48-44-9-5-4-8-41(44)42-21-20-40(27-45(42)48)47(38-16-12-33(13-17-38)43-26-30-10-11-34(43)23-30)39-18-14-35(15-19-39)46-28-31-22-32(29-46)25-36(46)24-31/h1-2,4-6,8-9,12-21,27,30-32,34,36,41-45H,3,7,10-11,22-26,28-29H2/t30?,31?,32?,34?,36?,41?,42?,43-,44?,45?,46?/m1/s1. The molecule has 0 N–H and O–H groups in total. The SMILES string of the molecule is C1=CCCC(N2C3C=CC=CC3C3C=CC(N(c4ccc([C@H]5CC6CCC5C6)cc4)c4ccc(C56CC7CC(CC5C7)C6)cc4)=CC32)=C1. The number of fused-ring (bicyclic) bond motifs is 5. The molecule has 1 heterocycles. The summed E-state index contributed by atoms with van der Waals surface area (Å²) in [5.74, 6) is 6.55. The zero-order valence-electron chi connectivity index (χ0n) is 28.3. The smallest absolute Gasteiger partial charge is 0.0568 e. The van der Waals surface area contributed by atoms with E-state index in [1.165, 1.54) is 80.6 Å². The van der Waals surface area contributed by atoms with Crippen molar-refractivity contribution in [1.82, 2.24) is 4.90 Å². The summed E-state index contributed by atoms with van der Waals surface area (Å²) >= 11 is 0. The second-order valence-corrected chi connectivity index (χ2v) is 17.3. The minimum absolute atomic E-state index is 0.351. The molecular weight excluding hydrogens is 581 g/mol. The molecule has 6 bridgehead atoms. The van der Waals surface area contributed by atoms with Gasteiger partial charge in [0.25, 0.3) is 0 Å². The third-order valence-electron chi connectivity index (χ3n) is 15.0. The minimum atomic E-state index is 0.351. The van der Waals surface area contributed by atoms with Crippen LogP contribution in [0, 0.1) is 41.4 Å². The van der Waals surface area contributed by atoms with Crippen LogP contribution in [0.25, 0.3) is 0 Å². The normalized spacial score (nSPS) is 40.8. The summed E-state index contributed by atoms with van der Waals surface area (Å²) in [5.41, 5.74) is 9.07. The van der Waals surface area contributed by atoms with Crippen LogP contribution in [0.4, 0.5) is 11.4 Å². The topological polar surface area (TPSA) is 6.48 Å². The molecule has 2 nitrogen and oxygen atoms in total. The second-order valence-electron chi connectivity index (χ2n) is 17.3. The molecule has 12 rings (SSSR count). The molecule has 9 atom stereocenters. The van der Waals surface area contributed by atoms with Gasteiger partial charge >= 0.3 is 0 Å². The molecule has 2 aromatic carbocycles. The van der Waals surface area contributed by atoms with Crippen molar-refractivity contribution < 1.29 is 0 Å². The third kappa shape index (κ3) is 4.23. The first kappa shape index (κ1) is 28.3. The summed E-state index contributed by atoms with van der Waals surface area (Å²) in [6.07, 6.45) is 39.5. The van der Waals surface area contributed by atoms with Crippen LogP contribution in [-0.4, -0.2) is 17.0 Å². The van der Waals surface area contributed by atoms with Gasteiger partial charge in [0, 0.05) is 34.6 Å². The van der Waals surface area contributed by atoms with E-state index in [1.54, 1.807) is 11.1 Å². The molecule has 0 spiro atoms. The number of rotatable bonds is 6. The molecular formula is C46H50N2. The maximum Gasteiger partial charge on any atom is 0.0568 e. The number of nitrogens with zero attached hydrogens (tertiary/aromatic N) is 2. The Balaban J connectivity index is 0.978. The van der Waals surface area contributed by atoms with E-state index in [0.29, 0.717) is 29.3 Å². The molecule has 10 aliphatic rings. The van der Waals surface area contributed by atoms with Crippen LogP contribution in [0.15, 0.2) is 121 Å². The molecule has 0 amide bonds. The average Bonchev–Trinajstić information content (AvgIpc) is 3.94. The van der Waals surface area contributed by atoms with Gasteiger partial charge in [-0.3, -0.25) is 0 Å². The Morgan fingerprint density at radius 3 is 2.19 bits per heavy atom. The van der Waals surface area contributed by atoms with Crippen LogP contribution >= 0.6 is 0 Å². The van der Waals surface area contributed by atoms with Gasteiger partial charge in [0.2, 0.25) is 0 Å². The molecule has 0 radical (unpaired) electrons. The zero-order chi connectivity index (χ0) is 31.4. The number of anilines is 2. The van der Waals surface area contributed by atoms with Crippen LogP contribution in [0.5, 0.6) is 0 Å². The van der Waals surface area contributed by atoms with E-state index in [2.05, 4.69) is 119 Å². The van der Waals surface area contributed by atoms with Crippen molar-refractivity contribution in [3.05, 3.63) is 132 Å². The van der Waals surface area contributed by atoms with Gasteiger partial charge in [-0.1, -0.05) is 73.2 Å². The van der Waals surface area contributed by atoms with Crippen LogP contribution < -0.4 is 4.90 Å². The minimum Gasteiger partial charge on any atom is -0.361 e. The highest BCUT2D eigenvalue weighted by Crippen LogP contribution is 2.66. The molecule has 0 aromatic heterocycles. The fraction of sp³-hybridized carbons (Fsp3) is 0.478. The summed E-state index contributed by atoms with van der Waals surface area (Å²) in [6, 6.07) is 20.6. The molecule has 2 heteroatoms. The van der Waals surface area contributed by atoms with Crippen molar-refractivity contribution in [3.63, 3.8) is 0 Å². The second kappa shape index (κ2) is 10.7. The summed E-state index contributed by atoms with van der Waals surface area (Å²) in [7, 11) is 0. The summed E-state index contributed by atoms with van der Waals surface area (Å²) in [4.78, 5) is 5.35. The number of hydrogen-bond donors (Lipinski definition) is 0. The largest absolute Gasteiger partial charge is 0.361 e. The maximum absolute atomic E-state index is 2.77. The van der Waals surface area contributed by atoms with E-state index >= 15 is 0 Å². The van der Waals surface area contributed by atoms with Crippen molar-refractivity contribution >= 4 is 11.4 Å². The first-order chi connectivity index (χ1) is 23.7. The molecule has 244 valence electrons. The molecule has 48 heavy (non-hydrogen) atoms. The van der Waals surface area contributed by atoms with E-state index in [4.69, 9.17) is 0 Å². The highest BCUT2D eigenvalue weighted by molar-refractivity contribution is 5.71. The van der Waals surface area contributed by atoms with Gasteiger partial charge in [0.1, 0.15) is 0 Å². The first-order valence-electron chi connectivity index (χ1n) is 19.6. The maximum atomic E-state index is 2.77. The molecule has 6 saturated carbocycles. The van der Waals surface area contributed by atoms with Crippen molar-refractivity contribution in [2.75, 3.05) is 4.90 Å². The van der Waals surface area contributed by atoms with Gasteiger partial charge in [-0.05, 0) is 159 Å². The van der Waals surface area contributed by atoms with E-state index in [1.807, 2.05) is 0 Å². The van der Waals surface area contributed by atoms with Crippen LogP contribution in [-0.2, 0) is 5.41 Å². The Bertz CT molecular complexity index is 1770. The fourth-order valence-corrected chi connectivity index (χ4v) is 13.3. The van der Waals surface area contributed by atoms with Crippen molar-refractivity contribution in [1.29, 1.82) is 0 Å². The molecule has 1 saturated heterocycles. The Hall–Kier alpha value is -3.52. The molecule has 9 aliphatic carbocycles. The van der Waals surface area contributed by atoms with Gasteiger partial charge in [0.15, 0.2) is 0 Å². The monoisotopic (exact) mass is 630 g/mol. The summed E-state index contributed by atoms with van der Waals surface area (Å²) in [5, 5.41) is 0. The summed E-state index contributed by atoms with van der Waals surface area (Å²) in [6.45, 7) is 0. The van der Waals surface area contributed by atoms with E-state index < -0.39 is 0 Å². The Labute approximate surface area is 287 Å². The molecule has 7 fully saturated rings. The lowest BCUT2D eigenvalue weighted by Gasteiger charge is -2.37. The zero-order valence-corrected chi connectivity index (χ0v) is 28.3. The lowest BCUT2D eigenvalue weighted by atomic mass is 9.71. The van der Waals surface area contributed by atoms with E-state index in [9.17, 15) is 0 Å². The van der Waals surface area contributed by atoms with Gasteiger partial charge < -0.3 is 9.80 Å². The Morgan fingerprint density at radius 2 is 1.46 bits per heavy atom. The Morgan fingerprint density at radius 1 is 0.688 bits per heavy atom. The first-order valence-corrected chi connectivity index (χ1v) is 19.6. The Kier molecular flexibility index (Phi) is 6.34. The lowest BCUT2D eigenvalue weighted by molar-refractivity contribution is 0.266. The fourth-order valence-electron chi connectivity index (χ4n) is 13.3. The molecule has 8 unspecified atom stereocenters. The van der Waals surface area contributed by atoms with Crippen molar-refractivity contribution in [3.8, 4) is 0 Å². The summed E-state index contributed by atoms with van der Waals surface area (Å²) < 4.78 is 0. The number of benzene rings is 2. The van der Waals surface area contributed by atoms with Crippen molar-refractivity contribution in [2.24, 2.45) is 41.4 Å². The number of allylic oxidation sites excluding steroid dienone is 7. The molecule has 2 aromatic rings. The third-order valence-corrected chi connectivity index (χ3v) is 15.0. The highest BCUT2D eigenvalue weighted by atomic mass is 15.2. The molecule has 1 aliphatic heterocycles. The van der Waals surface area contributed by atoms with Gasteiger partial charge in [-0.2, -0.15) is 0 Å². The van der Waals surface area contributed by atoms with Crippen molar-refractivity contribution in [2.45, 2.75) is 94.0 Å². The van der Waals surface area contributed by atoms with Gasteiger partial charge in [0.05, 0.1) is 12.1 Å². The number of likely N-dealkylation sites (tertiary alicyclic amines) is 1.